The van der Waals surface area contributed by atoms with E-state index in [1.54, 1.807) is 6.92 Å². The molecule has 9 nitrogen and oxygen atoms in total. The van der Waals surface area contributed by atoms with Crippen LogP contribution in [0.4, 0.5) is 21.0 Å². The number of carboxylic acids is 1. The fourth-order valence-corrected chi connectivity index (χ4v) is 4.01. The van der Waals surface area contributed by atoms with Gasteiger partial charge in [-0.25, -0.2) is 14.2 Å². The van der Waals surface area contributed by atoms with Crippen molar-refractivity contribution in [1.29, 1.82) is 0 Å². The predicted octanol–water partition coefficient (Wildman–Crippen LogP) is 3.35. The fraction of sp³-hybridized carbons (Fsp3) is 0.217. The first-order valence-electron chi connectivity index (χ1n) is 10.1. The number of carbonyl (C=O) groups excluding carboxylic acids is 2. The molecule has 0 bridgehead atoms. The Hall–Kier alpha value is -3.99. The van der Waals surface area contributed by atoms with Gasteiger partial charge >= 0.3 is 5.97 Å². The summed E-state index contributed by atoms with van der Waals surface area (Å²) in [5, 5.41) is 9.43. The maximum absolute atomic E-state index is 13.4. The summed E-state index contributed by atoms with van der Waals surface area (Å²) in [5.41, 5.74) is 10.8. The number of anilines is 3. The average Bonchev–Trinajstić information content (AvgIpc) is 3.15. The normalized spacial score (nSPS) is 12.1. The van der Waals surface area contributed by atoms with Gasteiger partial charge in [0.05, 0.1) is 0 Å². The van der Waals surface area contributed by atoms with Crippen LogP contribution in [0.25, 0.3) is 0 Å². The number of nitrogens with two attached hydrogens (primary N) is 2. The van der Waals surface area contributed by atoms with Gasteiger partial charge in [0.25, 0.3) is 0 Å². The van der Waals surface area contributed by atoms with E-state index >= 15 is 0 Å². The third kappa shape index (κ3) is 5.15. The van der Waals surface area contributed by atoms with Gasteiger partial charge in [-0.1, -0.05) is 11.3 Å². The second-order valence-corrected chi connectivity index (χ2v) is 8.88. The summed E-state index contributed by atoms with van der Waals surface area (Å²) in [6, 6.07) is 10.5. The average molecular weight is 487 g/mol. The van der Waals surface area contributed by atoms with Crippen LogP contribution in [0.5, 0.6) is 5.75 Å². The number of nitrogens with zero attached hydrogens (tertiary/aromatic N) is 2. The van der Waals surface area contributed by atoms with Gasteiger partial charge in [0, 0.05) is 11.3 Å². The third-order valence-corrected chi connectivity index (χ3v) is 6.03. The first-order chi connectivity index (χ1) is 15.9. The number of aliphatic carboxylic acids is 1. The van der Waals surface area contributed by atoms with Crippen LogP contribution in [0.2, 0.25) is 0 Å². The van der Waals surface area contributed by atoms with Crippen molar-refractivity contribution >= 4 is 45.6 Å². The minimum Gasteiger partial charge on any atom is -0.478 e. The van der Waals surface area contributed by atoms with Crippen LogP contribution in [0, 0.1) is 5.82 Å². The van der Waals surface area contributed by atoms with Gasteiger partial charge in [-0.2, -0.15) is 0 Å². The molecule has 0 saturated heterocycles. The minimum absolute atomic E-state index is 0.0406. The lowest BCUT2D eigenvalue weighted by Gasteiger charge is -2.26. The van der Waals surface area contributed by atoms with Crippen molar-refractivity contribution < 1.29 is 28.6 Å². The number of thiazole rings is 1. The Morgan fingerprint density at radius 1 is 1.12 bits per heavy atom. The maximum atomic E-state index is 13.4. The number of rotatable bonds is 9. The molecule has 0 saturated carbocycles. The zero-order chi connectivity index (χ0) is 25.2. The van der Waals surface area contributed by atoms with Crippen molar-refractivity contribution in [3.05, 3.63) is 64.8 Å². The van der Waals surface area contributed by atoms with Crippen molar-refractivity contribution in [3.63, 3.8) is 0 Å². The summed E-state index contributed by atoms with van der Waals surface area (Å²) in [5.74, 6) is -2.42. The van der Waals surface area contributed by atoms with E-state index in [0.717, 1.165) is 11.3 Å². The molecule has 1 aromatic heterocycles. The van der Waals surface area contributed by atoms with Gasteiger partial charge in [0.2, 0.25) is 11.7 Å². The van der Waals surface area contributed by atoms with E-state index in [1.807, 2.05) is 0 Å². The van der Waals surface area contributed by atoms with Crippen molar-refractivity contribution in [1.82, 2.24) is 4.98 Å². The van der Waals surface area contributed by atoms with Crippen molar-refractivity contribution in [2.24, 2.45) is 5.73 Å². The number of hydrogen-bond donors (Lipinski definition) is 3. The molecule has 1 amide bonds. The highest BCUT2D eigenvalue weighted by Gasteiger charge is 2.30. The molecule has 0 aliphatic heterocycles. The second kappa shape index (κ2) is 9.48. The van der Waals surface area contributed by atoms with Crippen molar-refractivity contribution in [2.75, 3.05) is 10.6 Å². The van der Waals surface area contributed by atoms with E-state index in [0.29, 0.717) is 5.69 Å². The van der Waals surface area contributed by atoms with Gasteiger partial charge in [-0.15, -0.1) is 0 Å². The Kier molecular flexibility index (Phi) is 6.87. The smallest absolute Gasteiger partial charge is 0.347 e. The van der Waals surface area contributed by atoms with Crippen LogP contribution in [0.15, 0.2) is 48.5 Å². The molecule has 1 heterocycles. The second-order valence-electron chi connectivity index (χ2n) is 7.91. The molecular formula is C23H23FN4O5S. The minimum atomic E-state index is -1.44. The lowest BCUT2D eigenvalue weighted by Crippen LogP contribution is -2.39. The van der Waals surface area contributed by atoms with Gasteiger partial charge < -0.3 is 26.2 Å². The summed E-state index contributed by atoms with van der Waals surface area (Å²) in [6.45, 7) is 4.38. The third-order valence-electron chi connectivity index (χ3n) is 4.96. The van der Waals surface area contributed by atoms with E-state index in [4.69, 9.17) is 16.2 Å². The molecule has 34 heavy (non-hydrogen) atoms. The number of hydrogen-bond acceptors (Lipinski definition) is 8. The Balaban J connectivity index is 1.92. The van der Waals surface area contributed by atoms with E-state index < -0.39 is 35.1 Å². The van der Waals surface area contributed by atoms with E-state index in [9.17, 15) is 23.9 Å². The number of nitrogen functional groups attached to an aromatic ring is 1. The Bertz CT molecular complexity index is 1230. The highest BCUT2D eigenvalue weighted by Crippen LogP contribution is 2.36. The molecule has 3 aromatic rings. The number of carboxylic acid groups (broad SMARTS) is 1. The number of ketones is 1. The topological polar surface area (TPSA) is 149 Å². The van der Waals surface area contributed by atoms with Gasteiger partial charge in [-0.3, -0.25) is 9.59 Å². The van der Waals surface area contributed by atoms with Crippen LogP contribution in [-0.4, -0.2) is 39.4 Å². The lowest BCUT2D eigenvalue weighted by atomic mass is 10.1. The molecule has 0 aliphatic rings. The molecule has 5 N–H and O–H groups in total. The quantitative estimate of drug-likeness (QED) is 0.390. The summed E-state index contributed by atoms with van der Waals surface area (Å²) >= 11 is 0.963. The standard InChI is InChI=1S/C23H23FN4O5S/c1-12(20(26)30)28(15-8-6-14(24)7-9-15)22-27-19(25)18(34-22)17(29)13-4-10-16(11-5-13)33-23(2,3)21(31)32/h4-12H,25H2,1-3H3,(H2,26,30)(H,31,32)/t12-/m1/s1. The molecule has 0 unspecified atom stereocenters. The summed E-state index contributed by atoms with van der Waals surface area (Å²) in [6.07, 6.45) is 0. The zero-order valence-corrected chi connectivity index (χ0v) is 19.4. The molecule has 0 aliphatic carbocycles. The Labute approximate surface area is 198 Å². The number of halogens is 1. The van der Waals surface area contributed by atoms with Crippen LogP contribution in [0.3, 0.4) is 0 Å². The maximum Gasteiger partial charge on any atom is 0.347 e. The number of aromatic nitrogens is 1. The summed E-state index contributed by atoms with van der Waals surface area (Å²) in [7, 11) is 0. The molecule has 0 radical (unpaired) electrons. The molecule has 0 spiro atoms. The summed E-state index contributed by atoms with van der Waals surface area (Å²) in [4.78, 5) is 42.1. The monoisotopic (exact) mass is 486 g/mol. The van der Waals surface area contributed by atoms with Crippen molar-refractivity contribution in [3.8, 4) is 5.75 Å². The number of benzene rings is 2. The molecule has 2 aromatic carbocycles. The fourth-order valence-electron chi connectivity index (χ4n) is 2.96. The Morgan fingerprint density at radius 3 is 2.24 bits per heavy atom. The SMILES string of the molecule is C[C@H](C(N)=O)N(c1ccc(F)cc1)c1nc(N)c(C(=O)c2ccc(OC(C)(C)C(=O)O)cc2)s1. The lowest BCUT2D eigenvalue weighted by molar-refractivity contribution is -0.152. The molecule has 3 rings (SSSR count). The molecule has 11 heteroatoms. The largest absolute Gasteiger partial charge is 0.478 e. The van der Waals surface area contributed by atoms with E-state index in [-0.39, 0.29) is 27.1 Å². The first kappa shape index (κ1) is 24.6. The number of primary amides is 1. The van der Waals surface area contributed by atoms with Crippen LogP contribution in [0.1, 0.15) is 36.0 Å². The van der Waals surface area contributed by atoms with E-state index in [1.165, 1.54) is 67.3 Å². The van der Waals surface area contributed by atoms with Gasteiger partial charge in [-0.05, 0) is 69.3 Å². The molecule has 1 atom stereocenters. The van der Waals surface area contributed by atoms with Crippen molar-refractivity contribution in [2.45, 2.75) is 32.4 Å². The zero-order valence-electron chi connectivity index (χ0n) is 18.6. The molecular weight excluding hydrogens is 463 g/mol. The molecule has 178 valence electrons. The predicted molar refractivity (Wildman–Crippen MR) is 126 cm³/mol. The van der Waals surface area contributed by atoms with Crippen LogP contribution >= 0.6 is 11.3 Å². The number of carbonyl (C=O) groups is 3. The first-order valence-corrected chi connectivity index (χ1v) is 10.9. The number of ether oxygens (including phenoxy) is 1. The van der Waals surface area contributed by atoms with Gasteiger partial charge in [0.1, 0.15) is 28.3 Å². The van der Waals surface area contributed by atoms with Crippen LogP contribution < -0.4 is 21.1 Å². The highest BCUT2D eigenvalue weighted by atomic mass is 32.1. The van der Waals surface area contributed by atoms with Crippen LogP contribution in [-0.2, 0) is 9.59 Å². The van der Waals surface area contributed by atoms with E-state index in [2.05, 4.69) is 4.98 Å². The number of amides is 1. The van der Waals surface area contributed by atoms with Gasteiger partial charge in [0.15, 0.2) is 10.7 Å². The molecule has 0 fully saturated rings. The Morgan fingerprint density at radius 2 is 1.71 bits per heavy atom. The summed E-state index contributed by atoms with van der Waals surface area (Å²) < 4.78 is 18.9. The highest BCUT2D eigenvalue weighted by molar-refractivity contribution is 7.18.